The highest BCUT2D eigenvalue weighted by molar-refractivity contribution is 7.80. The van der Waals surface area contributed by atoms with Gasteiger partial charge in [0, 0.05) is 13.6 Å². The maximum atomic E-state index is 13.7. The standard InChI is InChI=1S/C18H21FN2O2S/c1-21(18(24)20-15-7-5-4-6-14(15)19)11-10-13-8-9-16(22-2)17(12-13)23-3/h4-9,12H,10-11H2,1-3H3,(H,20,24). The topological polar surface area (TPSA) is 33.7 Å². The molecule has 24 heavy (non-hydrogen) atoms. The van der Waals surface area contributed by atoms with Gasteiger partial charge in [-0.2, -0.15) is 0 Å². The zero-order valence-corrected chi connectivity index (χ0v) is 14.8. The molecular weight excluding hydrogens is 327 g/mol. The molecule has 6 heteroatoms. The number of hydrogen-bond acceptors (Lipinski definition) is 3. The monoisotopic (exact) mass is 348 g/mol. The van der Waals surface area contributed by atoms with Crippen LogP contribution in [0.25, 0.3) is 0 Å². The average Bonchev–Trinajstić information content (AvgIpc) is 2.61. The summed E-state index contributed by atoms with van der Waals surface area (Å²) in [5.74, 6) is 1.07. The van der Waals surface area contributed by atoms with Crippen molar-refractivity contribution in [2.45, 2.75) is 6.42 Å². The summed E-state index contributed by atoms with van der Waals surface area (Å²) in [6.45, 7) is 0.690. The minimum atomic E-state index is -0.326. The minimum Gasteiger partial charge on any atom is -0.493 e. The van der Waals surface area contributed by atoms with Gasteiger partial charge in [-0.1, -0.05) is 18.2 Å². The van der Waals surface area contributed by atoms with E-state index in [1.165, 1.54) is 6.07 Å². The van der Waals surface area contributed by atoms with E-state index >= 15 is 0 Å². The number of nitrogens with one attached hydrogen (secondary N) is 1. The van der Waals surface area contributed by atoms with E-state index in [9.17, 15) is 4.39 Å². The molecule has 2 aromatic carbocycles. The van der Waals surface area contributed by atoms with Crippen molar-refractivity contribution in [1.29, 1.82) is 0 Å². The maximum absolute atomic E-state index is 13.7. The molecule has 0 aromatic heterocycles. The third-order valence-corrected chi connectivity index (χ3v) is 4.06. The lowest BCUT2D eigenvalue weighted by Crippen LogP contribution is -2.33. The van der Waals surface area contributed by atoms with E-state index in [0.717, 1.165) is 12.0 Å². The SMILES string of the molecule is COc1ccc(CCN(C)C(=S)Nc2ccccc2F)cc1OC. The van der Waals surface area contributed by atoms with Crippen molar-refractivity contribution >= 4 is 23.0 Å². The Kier molecular flexibility index (Phi) is 6.37. The smallest absolute Gasteiger partial charge is 0.173 e. The van der Waals surface area contributed by atoms with Crippen molar-refractivity contribution < 1.29 is 13.9 Å². The number of benzene rings is 2. The summed E-state index contributed by atoms with van der Waals surface area (Å²) in [6.07, 6.45) is 0.774. The molecule has 0 heterocycles. The van der Waals surface area contributed by atoms with E-state index in [4.69, 9.17) is 21.7 Å². The Labute approximate surface area is 147 Å². The average molecular weight is 348 g/mol. The van der Waals surface area contributed by atoms with Crippen molar-refractivity contribution in [1.82, 2.24) is 4.90 Å². The Bertz CT molecular complexity index is 709. The number of likely N-dealkylation sites (N-methyl/N-ethyl adjacent to an activating group) is 1. The van der Waals surface area contributed by atoms with Crippen LogP contribution in [0.1, 0.15) is 5.56 Å². The number of rotatable bonds is 6. The molecule has 1 N–H and O–H groups in total. The van der Waals surface area contributed by atoms with Crippen LogP contribution < -0.4 is 14.8 Å². The predicted octanol–water partition coefficient (Wildman–Crippen LogP) is 3.71. The van der Waals surface area contributed by atoms with Crippen molar-refractivity contribution in [3.05, 3.63) is 53.8 Å². The quantitative estimate of drug-likeness (QED) is 0.805. The molecule has 0 saturated heterocycles. The number of methoxy groups -OCH3 is 2. The Morgan fingerprint density at radius 3 is 2.50 bits per heavy atom. The van der Waals surface area contributed by atoms with Crippen LogP contribution in [0, 0.1) is 5.82 Å². The first-order valence-electron chi connectivity index (χ1n) is 7.52. The molecule has 4 nitrogen and oxygen atoms in total. The summed E-state index contributed by atoms with van der Waals surface area (Å²) in [6, 6.07) is 12.3. The number of halogens is 1. The van der Waals surface area contributed by atoms with Crippen LogP contribution in [0.15, 0.2) is 42.5 Å². The van der Waals surface area contributed by atoms with Gasteiger partial charge in [0.2, 0.25) is 0 Å². The van der Waals surface area contributed by atoms with Gasteiger partial charge in [-0.3, -0.25) is 0 Å². The van der Waals surface area contributed by atoms with E-state index < -0.39 is 0 Å². The molecule has 2 rings (SSSR count). The number of anilines is 1. The van der Waals surface area contributed by atoms with Crippen LogP contribution in [0.5, 0.6) is 11.5 Å². The molecule has 128 valence electrons. The third-order valence-electron chi connectivity index (χ3n) is 3.65. The van der Waals surface area contributed by atoms with E-state index in [0.29, 0.717) is 28.8 Å². The normalized spacial score (nSPS) is 10.2. The van der Waals surface area contributed by atoms with Gasteiger partial charge in [0.25, 0.3) is 0 Å². The molecule has 2 aromatic rings. The highest BCUT2D eigenvalue weighted by Crippen LogP contribution is 2.27. The maximum Gasteiger partial charge on any atom is 0.173 e. The number of hydrogen-bond donors (Lipinski definition) is 1. The van der Waals surface area contributed by atoms with Gasteiger partial charge in [-0.15, -0.1) is 0 Å². The number of nitrogens with zero attached hydrogens (tertiary/aromatic N) is 1. The second kappa shape index (κ2) is 8.49. The van der Waals surface area contributed by atoms with Crippen LogP contribution >= 0.6 is 12.2 Å². The number of ether oxygens (including phenoxy) is 2. The molecule has 0 unspecified atom stereocenters. The van der Waals surface area contributed by atoms with Gasteiger partial charge in [0.15, 0.2) is 16.6 Å². The van der Waals surface area contributed by atoms with E-state index in [2.05, 4.69) is 5.32 Å². The molecular formula is C18H21FN2O2S. The highest BCUT2D eigenvalue weighted by atomic mass is 32.1. The molecule has 0 aliphatic heterocycles. The fourth-order valence-electron chi connectivity index (χ4n) is 2.21. The van der Waals surface area contributed by atoms with Crippen molar-refractivity contribution in [3.8, 4) is 11.5 Å². The Balaban J connectivity index is 1.94. The van der Waals surface area contributed by atoms with Crippen molar-refractivity contribution in [3.63, 3.8) is 0 Å². The lowest BCUT2D eigenvalue weighted by atomic mass is 10.1. The van der Waals surface area contributed by atoms with Gasteiger partial charge >= 0.3 is 0 Å². The second-order valence-corrected chi connectivity index (χ2v) is 5.66. The summed E-state index contributed by atoms with van der Waals surface area (Å²) in [4.78, 5) is 1.87. The summed E-state index contributed by atoms with van der Waals surface area (Å²) in [7, 11) is 5.09. The van der Waals surface area contributed by atoms with Crippen LogP contribution in [0.4, 0.5) is 10.1 Å². The van der Waals surface area contributed by atoms with Crippen molar-refractivity contribution in [2.24, 2.45) is 0 Å². The van der Waals surface area contributed by atoms with E-state index in [-0.39, 0.29) is 5.82 Å². The summed E-state index contributed by atoms with van der Waals surface area (Å²) >= 11 is 5.33. The van der Waals surface area contributed by atoms with Gasteiger partial charge < -0.3 is 19.7 Å². The van der Waals surface area contributed by atoms with Gasteiger partial charge in [0.1, 0.15) is 5.82 Å². The lowest BCUT2D eigenvalue weighted by molar-refractivity contribution is 0.354. The largest absolute Gasteiger partial charge is 0.493 e. The molecule has 0 fully saturated rings. The first-order chi connectivity index (χ1) is 11.5. The van der Waals surface area contributed by atoms with Crippen LogP contribution in [-0.4, -0.2) is 37.8 Å². The van der Waals surface area contributed by atoms with E-state index in [1.807, 2.05) is 30.1 Å². The zero-order valence-electron chi connectivity index (χ0n) is 14.0. The Hall–Kier alpha value is -2.34. The van der Waals surface area contributed by atoms with Crippen LogP contribution in [0.2, 0.25) is 0 Å². The molecule has 0 atom stereocenters. The summed E-state index contributed by atoms with van der Waals surface area (Å²) in [5, 5.41) is 3.40. The van der Waals surface area contributed by atoms with Crippen molar-refractivity contribution in [2.75, 3.05) is 33.1 Å². The molecule has 0 aliphatic carbocycles. The first-order valence-corrected chi connectivity index (χ1v) is 7.93. The van der Waals surface area contributed by atoms with Gasteiger partial charge in [-0.05, 0) is 48.5 Å². The third kappa shape index (κ3) is 4.58. The predicted molar refractivity (Wildman–Crippen MR) is 98.5 cm³/mol. The second-order valence-electron chi connectivity index (χ2n) is 5.27. The summed E-state index contributed by atoms with van der Waals surface area (Å²) in [5.41, 5.74) is 1.48. The molecule has 0 radical (unpaired) electrons. The molecule has 0 amide bonds. The molecule has 0 aliphatic rings. The fraction of sp³-hybridized carbons (Fsp3) is 0.278. The molecule has 0 bridgehead atoms. The Morgan fingerprint density at radius 1 is 1.12 bits per heavy atom. The summed E-state index contributed by atoms with van der Waals surface area (Å²) < 4.78 is 24.2. The number of para-hydroxylation sites is 1. The number of thiocarbonyl (C=S) groups is 1. The molecule has 0 saturated carbocycles. The first kappa shape index (κ1) is 18.0. The lowest BCUT2D eigenvalue weighted by Gasteiger charge is -2.21. The van der Waals surface area contributed by atoms with Crippen LogP contribution in [-0.2, 0) is 6.42 Å². The van der Waals surface area contributed by atoms with Gasteiger partial charge in [0.05, 0.1) is 19.9 Å². The minimum absolute atomic E-state index is 0.326. The van der Waals surface area contributed by atoms with Gasteiger partial charge in [-0.25, -0.2) is 4.39 Å². The highest BCUT2D eigenvalue weighted by Gasteiger charge is 2.09. The molecule has 0 spiro atoms. The van der Waals surface area contributed by atoms with Crippen LogP contribution in [0.3, 0.4) is 0 Å². The fourth-order valence-corrected chi connectivity index (χ4v) is 2.41. The Morgan fingerprint density at radius 2 is 1.83 bits per heavy atom. The zero-order chi connectivity index (χ0) is 17.5. The van der Waals surface area contributed by atoms with E-state index in [1.54, 1.807) is 32.4 Å².